The summed E-state index contributed by atoms with van der Waals surface area (Å²) in [5.41, 5.74) is -0.0245. The van der Waals surface area contributed by atoms with E-state index in [-0.39, 0.29) is 5.82 Å². The van der Waals surface area contributed by atoms with Crippen molar-refractivity contribution < 1.29 is 9.50 Å². The summed E-state index contributed by atoms with van der Waals surface area (Å²) >= 11 is 3.31. The Hall–Kier alpha value is -0.410. The summed E-state index contributed by atoms with van der Waals surface area (Å²) < 4.78 is 13.6. The molecular weight excluding hydrogens is 235 g/mol. The van der Waals surface area contributed by atoms with Crippen molar-refractivity contribution in [2.24, 2.45) is 0 Å². The Bertz CT molecular complexity index is 304. The van der Waals surface area contributed by atoms with Gasteiger partial charge in [0.1, 0.15) is 5.82 Å². The minimum Gasteiger partial charge on any atom is -0.390 e. The van der Waals surface area contributed by atoms with E-state index in [1.807, 2.05) is 0 Å². The van der Waals surface area contributed by atoms with Crippen molar-refractivity contribution in [3.63, 3.8) is 0 Å². The fourth-order valence-corrected chi connectivity index (χ4v) is 1.53. The van der Waals surface area contributed by atoms with Gasteiger partial charge in [-0.1, -0.05) is 15.9 Å². The summed E-state index contributed by atoms with van der Waals surface area (Å²) in [6.45, 7) is 3.40. The van der Waals surface area contributed by atoms with Crippen LogP contribution in [-0.4, -0.2) is 10.7 Å². The van der Waals surface area contributed by atoms with Crippen LogP contribution in [0.5, 0.6) is 0 Å². The zero-order valence-corrected chi connectivity index (χ0v) is 9.23. The molecule has 1 N–H and O–H groups in total. The highest BCUT2D eigenvalue weighted by atomic mass is 79.9. The average molecular weight is 247 g/mol. The second-order valence-corrected chi connectivity index (χ2v) is 4.58. The Morgan fingerprint density at radius 3 is 2.62 bits per heavy atom. The van der Waals surface area contributed by atoms with E-state index in [9.17, 15) is 9.50 Å². The molecule has 0 fully saturated rings. The van der Waals surface area contributed by atoms with E-state index in [1.165, 1.54) is 12.1 Å². The van der Waals surface area contributed by atoms with Gasteiger partial charge in [-0.25, -0.2) is 4.39 Å². The minimum atomic E-state index is -0.809. The summed E-state index contributed by atoms with van der Waals surface area (Å²) in [4.78, 5) is 0. The summed E-state index contributed by atoms with van der Waals surface area (Å²) in [5.74, 6) is -0.276. The number of aliphatic hydroxyl groups is 1. The molecule has 3 heteroatoms. The highest BCUT2D eigenvalue weighted by Crippen LogP contribution is 2.22. The molecule has 0 radical (unpaired) electrons. The van der Waals surface area contributed by atoms with Crippen molar-refractivity contribution >= 4 is 15.9 Å². The molecule has 0 bridgehead atoms. The van der Waals surface area contributed by atoms with Gasteiger partial charge in [0.25, 0.3) is 0 Å². The number of halogens is 2. The lowest BCUT2D eigenvalue weighted by molar-refractivity contribution is 0.0807. The van der Waals surface area contributed by atoms with Gasteiger partial charge in [-0.15, -0.1) is 0 Å². The third-order valence-corrected chi connectivity index (χ3v) is 2.40. The van der Waals surface area contributed by atoms with E-state index in [0.29, 0.717) is 6.42 Å². The molecule has 1 aromatic carbocycles. The molecule has 13 heavy (non-hydrogen) atoms. The van der Waals surface area contributed by atoms with Crippen LogP contribution < -0.4 is 0 Å². The van der Waals surface area contributed by atoms with E-state index in [0.717, 1.165) is 10.0 Å². The normalized spacial score (nSPS) is 11.8. The maximum Gasteiger partial charge on any atom is 0.123 e. The van der Waals surface area contributed by atoms with Gasteiger partial charge in [0, 0.05) is 10.9 Å². The molecule has 1 nitrogen and oxygen atoms in total. The Labute approximate surface area is 85.7 Å². The molecule has 0 heterocycles. The third kappa shape index (κ3) is 3.44. The van der Waals surface area contributed by atoms with Crippen LogP contribution in [0.1, 0.15) is 19.4 Å². The molecule has 1 rings (SSSR count). The topological polar surface area (TPSA) is 20.2 Å². The van der Waals surface area contributed by atoms with E-state index in [2.05, 4.69) is 15.9 Å². The first kappa shape index (κ1) is 10.7. The minimum absolute atomic E-state index is 0.276. The van der Waals surface area contributed by atoms with Crippen molar-refractivity contribution in [2.45, 2.75) is 25.9 Å². The Kier molecular flexibility index (Phi) is 3.09. The number of benzene rings is 1. The lowest BCUT2D eigenvalue weighted by atomic mass is 9.99. The molecule has 0 aliphatic rings. The van der Waals surface area contributed by atoms with Gasteiger partial charge in [0.15, 0.2) is 0 Å². The highest BCUT2D eigenvalue weighted by Gasteiger charge is 2.15. The van der Waals surface area contributed by atoms with Crippen LogP contribution in [-0.2, 0) is 6.42 Å². The predicted molar refractivity (Wildman–Crippen MR) is 54.1 cm³/mol. The lowest BCUT2D eigenvalue weighted by Gasteiger charge is -2.17. The van der Waals surface area contributed by atoms with Gasteiger partial charge < -0.3 is 5.11 Å². The van der Waals surface area contributed by atoms with Gasteiger partial charge in [-0.3, -0.25) is 0 Å². The monoisotopic (exact) mass is 246 g/mol. The molecular formula is C10H12BrFO. The standard InChI is InChI=1S/C10H12BrFO/c1-10(2,13)6-7-5-8(12)3-4-9(7)11/h3-5,13H,6H2,1-2H3. The van der Waals surface area contributed by atoms with Crippen LogP contribution in [0.3, 0.4) is 0 Å². The second kappa shape index (κ2) is 3.76. The quantitative estimate of drug-likeness (QED) is 0.851. The van der Waals surface area contributed by atoms with Gasteiger partial charge in [-0.05, 0) is 37.6 Å². The number of hydrogen-bond donors (Lipinski definition) is 1. The van der Waals surface area contributed by atoms with Gasteiger partial charge >= 0.3 is 0 Å². The predicted octanol–water partition coefficient (Wildman–Crippen LogP) is 2.90. The first-order valence-corrected chi connectivity index (χ1v) is 4.84. The van der Waals surface area contributed by atoms with Crippen LogP contribution in [0.25, 0.3) is 0 Å². The molecule has 0 amide bonds. The van der Waals surface area contributed by atoms with Gasteiger partial charge in [-0.2, -0.15) is 0 Å². The van der Waals surface area contributed by atoms with E-state index in [1.54, 1.807) is 19.9 Å². The van der Waals surface area contributed by atoms with Crippen LogP contribution in [0.4, 0.5) is 4.39 Å². The zero-order chi connectivity index (χ0) is 10.1. The summed E-state index contributed by atoms with van der Waals surface area (Å²) in [7, 11) is 0. The van der Waals surface area contributed by atoms with Crippen molar-refractivity contribution in [3.05, 3.63) is 34.1 Å². The van der Waals surface area contributed by atoms with Crippen molar-refractivity contribution in [3.8, 4) is 0 Å². The van der Waals surface area contributed by atoms with Crippen LogP contribution in [0.2, 0.25) is 0 Å². The molecule has 72 valence electrons. The fraction of sp³-hybridized carbons (Fsp3) is 0.400. The van der Waals surface area contributed by atoms with Gasteiger partial charge in [0.2, 0.25) is 0 Å². The number of hydrogen-bond acceptors (Lipinski definition) is 1. The molecule has 1 aromatic rings. The first-order valence-electron chi connectivity index (χ1n) is 4.05. The van der Waals surface area contributed by atoms with E-state index in [4.69, 9.17) is 0 Å². The van der Waals surface area contributed by atoms with Crippen LogP contribution >= 0.6 is 15.9 Å². The molecule has 0 spiro atoms. The SMILES string of the molecule is CC(C)(O)Cc1cc(F)ccc1Br. The van der Waals surface area contributed by atoms with E-state index >= 15 is 0 Å². The molecule has 0 atom stereocenters. The lowest BCUT2D eigenvalue weighted by Crippen LogP contribution is -2.22. The fourth-order valence-electron chi connectivity index (χ4n) is 1.14. The molecule has 0 aromatic heterocycles. The zero-order valence-electron chi connectivity index (χ0n) is 7.64. The molecule has 0 saturated carbocycles. The third-order valence-electron chi connectivity index (χ3n) is 1.63. The Morgan fingerprint density at radius 1 is 1.46 bits per heavy atom. The van der Waals surface area contributed by atoms with Crippen LogP contribution in [0, 0.1) is 5.82 Å². The first-order chi connectivity index (χ1) is 5.88. The maximum absolute atomic E-state index is 12.8. The van der Waals surface area contributed by atoms with Crippen molar-refractivity contribution in [1.82, 2.24) is 0 Å². The average Bonchev–Trinajstić information content (AvgIpc) is 1.94. The molecule has 0 aliphatic heterocycles. The van der Waals surface area contributed by atoms with Crippen molar-refractivity contribution in [2.75, 3.05) is 0 Å². The number of rotatable bonds is 2. The van der Waals surface area contributed by atoms with E-state index < -0.39 is 5.60 Å². The summed E-state index contributed by atoms with van der Waals surface area (Å²) in [6, 6.07) is 4.47. The van der Waals surface area contributed by atoms with Gasteiger partial charge in [0.05, 0.1) is 5.60 Å². The second-order valence-electron chi connectivity index (χ2n) is 3.72. The van der Waals surface area contributed by atoms with Crippen molar-refractivity contribution in [1.29, 1.82) is 0 Å². The van der Waals surface area contributed by atoms with Crippen LogP contribution in [0.15, 0.2) is 22.7 Å². The molecule has 0 saturated heterocycles. The Balaban J connectivity index is 2.94. The smallest absolute Gasteiger partial charge is 0.123 e. The largest absolute Gasteiger partial charge is 0.390 e. The summed E-state index contributed by atoms with van der Waals surface area (Å²) in [5, 5.41) is 9.54. The molecule has 0 aliphatic carbocycles. The molecule has 0 unspecified atom stereocenters. The Morgan fingerprint density at radius 2 is 2.08 bits per heavy atom. The maximum atomic E-state index is 12.8. The summed E-state index contributed by atoms with van der Waals surface area (Å²) in [6.07, 6.45) is 0.436. The highest BCUT2D eigenvalue weighted by molar-refractivity contribution is 9.10.